The highest BCUT2D eigenvalue weighted by Gasteiger charge is 2.36. The first-order chi connectivity index (χ1) is 7.74. The van der Waals surface area contributed by atoms with Crippen molar-refractivity contribution < 1.29 is 9.47 Å². The van der Waals surface area contributed by atoms with Gasteiger partial charge >= 0.3 is 0 Å². The van der Waals surface area contributed by atoms with Crippen LogP contribution in [-0.4, -0.2) is 19.3 Å². The molecule has 1 aliphatic heterocycles. The molecule has 0 N–H and O–H groups in total. The Morgan fingerprint density at radius 2 is 2.12 bits per heavy atom. The monoisotopic (exact) mass is 220 g/mol. The second-order valence-corrected chi connectivity index (χ2v) is 4.45. The van der Waals surface area contributed by atoms with E-state index >= 15 is 0 Å². The van der Waals surface area contributed by atoms with E-state index in [1.54, 1.807) is 7.11 Å². The molecule has 0 aliphatic carbocycles. The van der Waals surface area contributed by atoms with Crippen molar-refractivity contribution in [1.82, 2.24) is 0 Å². The van der Waals surface area contributed by atoms with E-state index in [0.717, 1.165) is 25.0 Å². The molecular formula is C14H20O2. The Morgan fingerprint density at radius 3 is 2.69 bits per heavy atom. The Bertz CT molecular complexity index is 360. The van der Waals surface area contributed by atoms with Gasteiger partial charge in [0, 0.05) is 0 Å². The van der Waals surface area contributed by atoms with E-state index < -0.39 is 0 Å². The summed E-state index contributed by atoms with van der Waals surface area (Å²) in [7, 11) is 1.71. The van der Waals surface area contributed by atoms with E-state index in [4.69, 9.17) is 9.47 Å². The molecule has 0 saturated carbocycles. The predicted molar refractivity (Wildman–Crippen MR) is 65.0 cm³/mol. The number of ether oxygens (including phenoxy) is 2. The van der Waals surface area contributed by atoms with Gasteiger partial charge in [0.25, 0.3) is 0 Å². The van der Waals surface area contributed by atoms with Crippen molar-refractivity contribution in [1.29, 1.82) is 0 Å². The first kappa shape index (κ1) is 11.5. The highest BCUT2D eigenvalue weighted by atomic mass is 16.6. The van der Waals surface area contributed by atoms with Crippen LogP contribution in [-0.2, 0) is 11.2 Å². The Labute approximate surface area is 97.6 Å². The van der Waals surface area contributed by atoms with Crippen LogP contribution in [0.1, 0.15) is 30.9 Å². The number of aryl methyl sites for hydroxylation is 2. The van der Waals surface area contributed by atoms with Gasteiger partial charge in [0.05, 0.1) is 19.3 Å². The minimum atomic E-state index is 0.506. The molecule has 1 aliphatic rings. The second kappa shape index (κ2) is 4.88. The van der Waals surface area contributed by atoms with Crippen LogP contribution < -0.4 is 4.74 Å². The van der Waals surface area contributed by atoms with Crippen LogP contribution in [0.4, 0.5) is 0 Å². The quantitative estimate of drug-likeness (QED) is 0.711. The van der Waals surface area contributed by atoms with Crippen LogP contribution in [0.3, 0.4) is 0 Å². The van der Waals surface area contributed by atoms with Crippen LogP contribution in [0, 0.1) is 6.92 Å². The zero-order valence-corrected chi connectivity index (χ0v) is 10.3. The molecule has 1 saturated heterocycles. The number of rotatable bonds is 5. The molecule has 0 spiro atoms. The maximum atomic E-state index is 5.55. The molecule has 88 valence electrons. The van der Waals surface area contributed by atoms with Gasteiger partial charge in [-0.1, -0.05) is 13.0 Å². The molecule has 1 fully saturated rings. The minimum absolute atomic E-state index is 0.506. The normalized spacial score (nSPS) is 23.2. The van der Waals surface area contributed by atoms with Crippen molar-refractivity contribution in [3.05, 3.63) is 29.3 Å². The van der Waals surface area contributed by atoms with Gasteiger partial charge in [0.1, 0.15) is 5.75 Å². The fraction of sp³-hybridized carbons (Fsp3) is 0.571. The molecule has 1 heterocycles. The van der Waals surface area contributed by atoms with Crippen molar-refractivity contribution in [2.75, 3.05) is 7.11 Å². The van der Waals surface area contributed by atoms with E-state index in [1.807, 2.05) is 6.07 Å². The van der Waals surface area contributed by atoms with E-state index in [9.17, 15) is 0 Å². The molecule has 0 bridgehead atoms. The van der Waals surface area contributed by atoms with Gasteiger partial charge in [-0.25, -0.2) is 0 Å². The van der Waals surface area contributed by atoms with Crippen molar-refractivity contribution >= 4 is 0 Å². The summed E-state index contributed by atoms with van der Waals surface area (Å²) in [4.78, 5) is 0. The van der Waals surface area contributed by atoms with E-state index in [0.29, 0.717) is 12.2 Å². The predicted octanol–water partition coefficient (Wildman–Crippen LogP) is 3.11. The summed E-state index contributed by atoms with van der Waals surface area (Å²) in [5.41, 5.74) is 2.72. The van der Waals surface area contributed by atoms with Gasteiger partial charge < -0.3 is 9.47 Å². The Morgan fingerprint density at radius 1 is 1.31 bits per heavy atom. The molecule has 2 nitrogen and oxygen atoms in total. The summed E-state index contributed by atoms with van der Waals surface area (Å²) in [6, 6.07) is 6.30. The van der Waals surface area contributed by atoms with E-state index in [1.165, 1.54) is 11.1 Å². The Kier molecular flexibility index (Phi) is 3.49. The third kappa shape index (κ3) is 2.56. The summed E-state index contributed by atoms with van der Waals surface area (Å²) in [5.74, 6) is 0.940. The zero-order chi connectivity index (χ0) is 11.5. The molecule has 1 aromatic rings. The van der Waals surface area contributed by atoms with Crippen LogP contribution in [0.5, 0.6) is 5.75 Å². The number of epoxide rings is 1. The summed E-state index contributed by atoms with van der Waals surface area (Å²) in [5, 5.41) is 0. The van der Waals surface area contributed by atoms with Gasteiger partial charge in [-0.05, 0) is 49.4 Å². The molecule has 2 atom stereocenters. The van der Waals surface area contributed by atoms with Gasteiger partial charge in [0.2, 0.25) is 0 Å². The number of benzene rings is 1. The molecule has 2 heteroatoms. The van der Waals surface area contributed by atoms with Crippen LogP contribution in [0.2, 0.25) is 0 Å². The topological polar surface area (TPSA) is 21.8 Å². The maximum absolute atomic E-state index is 5.55. The average molecular weight is 220 g/mol. The number of methoxy groups -OCH3 is 1. The first-order valence-corrected chi connectivity index (χ1v) is 6.03. The van der Waals surface area contributed by atoms with Crippen molar-refractivity contribution in [2.24, 2.45) is 0 Å². The molecule has 16 heavy (non-hydrogen) atoms. The third-order valence-corrected chi connectivity index (χ3v) is 3.34. The number of hydrogen-bond acceptors (Lipinski definition) is 2. The molecule has 0 amide bonds. The highest BCUT2D eigenvalue weighted by molar-refractivity contribution is 5.34. The zero-order valence-electron chi connectivity index (χ0n) is 10.3. The lowest BCUT2D eigenvalue weighted by Crippen LogP contribution is -1.97. The summed E-state index contributed by atoms with van der Waals surface area (Å²) >= 11 is 0. The van der Waals surface area contributed by atoms with Crippen LogP contribution in [0.25, 0.3) is 0 Å². The van der Waals surface area contributed by atoms with Crippen molar-refractivity contribution in [2.45, 2.75) is 45.3 Å². The molecular weight excluding hydrogens is 200 g/mol. The van der Waals surface area contributed by atoms with Crippen LogP contribution in [0.15, 0.2) is 18.2 Å². The molecule has 0 radical (unpaired) electrons. The summed E-state index contributed by atoms with van der Waals surface area (Å²) < 4.78 is 10.7. The molecule has 1 aromatic carbocycles. The third-order valence-electron chi connectivity index (χ3n) is 3.34. The SMILES string of the molecule is CCC1OC1CCc1ccc(OC)cc1C. The minimum Gasteiger partial charge on any atom is -0.497 e. The fourth-order valence-corrected chi connectivity index (χ4v) is 2.17. The Balaban J connectivity index is 1.89. The maximum Gasteiger partial charge on any atom is 0.119 e. The standard InChI is InChI=1S/C14H20O2/c1-4-13-14(16-13)8-6-11-5-7-12(15-3)9-10(11)2/h5,7,9,13-14H,4,6,8H2,1-3H3. The van der Waals surface area contributed by atoms with E-state index in [-0.39, 0.29) is 0 Å². The van der Waals surface area contributed by atoms with Crippen molar-refractivity contribution in [3.63, 3.8) is 0 Å². The van der Waals surface area contributed by atoms with E-state index in [2.05, 4.69) is 26.0 Å². The van der Waals surface area contributed by atoms with Crippen molar-refractivity contribution in [3.8, 4) is 5.75 Å². The smallest absolute Gasteiger partial charge is 0.119 e. The highest BCUT2D eigenvalue weighted by Crippen LogP contribution is 2.30. The largest absolute Gasteiger partial charge is 0.497 e. The van der Waals surface area contributed by atoms with Gasteiger partial charge in [-0.2, -0.15) is 0 Å². The summed E-state index contributed by atoms with van der Waals surface area (Å²) in [6.45, 7) is 4.33. The van der Waals surface area contributed by atoms with Gasteiger partial charge in [-0.3, -0.25) is 0 Å². The van der Waals surface area contributed by atoms with Gasteiger partial charge in [0.15, 0.2) is 0 Å². The van der Waals surface area contributed by atoms with Crippen LogP contribution >= 0.6 is 0 Å². The average Bonchev–Trinajstić information content (AvgIpc) is 3.06. The lowest BCUT2D eigenvalue weighted by atomic mass is 10.0. The fourth-order valence-electron chi connectivity index (χ4n) is 2.17. The second-order valence-electron chi connectivity index (χ2n) is 4.45. The number of hydrogen-bond donors (Lipinski definition) is 0. The first-order valence-electron chi connectivity index (χ1n) is 6.03. The molecule has 2 rings (SSSR count). The lowest BCUT2D eigenvalue weighted by molar-refractivity contribution is 0.359. The summed E-state index contributed by atoms with van der Waals surface area (Å²) in [6.07, 6.45) is 4.43. The molecule has 0 aromatic heterocycles. The Hall–Kier alpha value is -1.02. The lowest BCUT2D eigenvalue weighted by Gasteiger charge is -2.07. The molecule has 2 unspecified atom stereocenters. The van der Waals surface area contributed by atoms with Gasteiger partial charge in [-0.15, -0.1) is 0 Å².